The van der Waals surface area contributed by atoms with Crippen molar-refractivity contribution in [3.05, 3.63) is 18.2 Å². The summed E-state index contributed by atoms with van der Waals surface area (Å²) in [6, 6.07) is -0.624. The fourth-order valence-electron chi connectivity index (χ4n) is 2.48. The number of aromatic nitrogens is 2. The maximum Gasteiger partial charge on any atom is 0.411 e. The Morgan fingerprint density at radius 2 is 2.17 bits per heavy atom. The standard InChI is InChI=1S/C16H25N3O4/c1-5-18-7-6-17-14(18)10-13(20)12-11-22-9-8-19(12)15(21)23-16(2,3)4/h6-7,12H,5,8-11H2,1-4H3. The van der Waals surface area contributed by atoms with E-state index >= 15 is 0 Å². The molecule has 7 nitrogen and oxygen atoms in total. The predicted octanol–water partition coefficient (Wildman–Crippen LogP) is 1.65. The minimum atomic E-state index is -0.624. The van der Waals surface area contributed by atoms with Crippen molar-refractivity contribution < 1.29 is 19.1 Å². The first kappa shape index (κ1) is 17.5. The van der Waals surface area contributed by atoms with Gasteiger partial charge < -0.3 is 14.0 Å². The third-order valence-corrected chi connectivity index (χ3v) is 3.60. The van der Waals surface area contributed by atoms with Crippen LogP contribution < -0.4 is 0 Å². The summed E-state index contributed by atoms with van der Waals surface area (Å²) in [5.41, 5.74) is -0.596. The second kappa shape index (κ2) is 7.12. The number of imidazole rings is 1. The van der Waals surface area contributed by atoms with Gasteiger partial charge in [0.2, 0.25) is 0 Å². The molecule has 0 radical (unpaired) electrons. The SMILES string of the molecule is CCn1ccnc1CC(=O)C1COCCN1C(=O)OC(C)(C)C. The van der Waals surface area contributed by atoms with Crippen molar-refractivity contribution >= 4 is 11.9 Å². The van der Waals surface area contributed by atoms with Gasteiger partial charge in [0.15, 0.2) is 5.78 Å². The molecule has 0 aromatic carbocycles. The molecular weight excluding hydrogens is 298 g/mol. The Morgan fingerprint density at radius 3 is 2.83 bits per heavy atom. The third kappa shape index (κ3) is 4.54. The molecule has 1 aromatic rings. The Labute approximate surface area is 136 Å². The molecule has 0 spiro atoms. The Hall–Kier alpha value is -1.89. The number of Topliss-reactive ketones (excluding diaryl/α,β-unsaturated/α-hetero) is 1. The highest BCUT2D eigenvalue weighted by molar-refractivity contribution is 5.89. The summed E-state index contributed by atoms with van der Waals surface area (Å²) in [6.45, 7) is 9.12. The summed E-state index contributed by atoms with van der Waals surface area (Å²) in [4.78, 5) is 30.6. The van der Waals surface area contributed by atoms with Gasteiger partial charge in [-0.05, 0) is 27.7 Å². The molecule has 2 rings (SSSR count). The van der Waals surface area contributed by atoms with E-state index < -0.39 is 17.7 Å². The van der Waals surface area contributed by atoms with Crippen molar-refractivity contribution in [3.63, 3.8) is 0 Å². The van der Waals surface area contributed by atoms with Gasteiger partial charge in [0.25, 0.3) is 0 Å². The number of nitrogens with zero attached hydrogens (tertiary/aromatic N) is 3. The molecule has 1 fully saturated rings. The lowest BCUT2D eigenvalue weighted by molar-refractivity contribution is -0.129. The first-order valence-corrected chi connectivity index (χ1v) is 7.92. The van der Waals surface area contributed by atoms with Gasteiger partial charge in [0, 0.05) is 25.5 Å². The van der Waals surface area contributed by atoms with Gasteiger partial charge in [0.1, 0.15) is 17.5 Å². The summed E-state index contributed by atoms with van der Waals surface area (Å²) in [6.07, 6.45) is 3.22. The van der Waals surface area contributed by atoms with Crippen LogP contribution in [0.3, 0.4) is 0 Å². The van der Waals surface area contributed by atoms with E-state index in [-0.39, 0.29) is 18.8 Å². The number of hydrogen-bond donors (Lipinski definition) is 0. The normalized spacial score (nSPS) is 18.8. The van der Waals surface area contributed by atoms with Gasteiger partial charge in [-0.1, -0.05) is 0 Å². The maximum atomic E-state index is 12.6. The molecule has 7 heteroatoms. The molecule has 2 heterocycles. The highest BCUT2D eigenvalue weighted by atomic mass is 16.6. The fourth-order valence-corrected chi connectivity index (χ4v) is 2.48. The lowest BCUT2D eigenvalue weighted by Gasteiger charge is -2.35. The molecule has 1 unspecified atom stereocenters. The molecule has 0 aliphatic carbocycles. The first-order valence-electron chi connectivity index (χ1n) is 7.92. The molecule has 1 aliphatic rings. The molecule has 128 valence electrons. The zero-order chi connectivity index (χ0) is 17.0. The molecule has 0 saturated carbocycles. The van der Waals surface area contributed by atoms with Crippen molar-refractivity contribution in [1.29, 1.82) is 0 Å². The van der Waals surface area contributed by atoms with Gasteiger partial charge in [0.05, 0.1) is 19.6 Å². The topological polar surface area (TPSA) is 73.7 Å². The van der Waals surface area contributed by atoms with Crippen molar-refractivity contribution in [1.82, 2.24) is 14.5 Å². The summed E-state index contributed by atoms with van der Waals surface area (Å²) in [7, 11) is 0. The fraction of sp³-hybridized carbons (Fsp3) is 0.688. The van der Waals surface area contributed by atoms with Gasteiger partial charge in [-0.15, -0.1) is 0 Å². The van der Waals surface area contributed by atoms with E-state index in [1.165, 1.54) is 4.90 Å². The van der Waals surface area contributed by atoms with Crippen LogP contribution in [0.5, 0.6) is 0 Å². The highest BCUT2D eigenvalue weighted by Crippen LogP contribution is 2.16. The van der Waals surface area contributed by atoms with Crippen LogP contribution in [0.15, 0.2) is 12.4 Å². The summed E-state index contributed by atoms with van der Waals surface area (Å²) in [5.74, 6) is 0.615. The lowest BCUT2D eigenvalue weighted by Crippen LogP contribution is -2.54. The Morgan fingerprint density at radius 1 is 1.43 bits per heavy atom. The molecular formula is C16H25N3O4. The average Bonchev–Trinajstić information content (AvgIpc) is 2.92. The van der Waals surface area contributed by atoms with E-state index in [0.717, 1.165) is 6.54 Å². The number of carbonyl (C=O) groups excluding carboxylic acids is 2. The number of ketones is 1. The highest BCUT2D eigenvalue weighted by Gasteiger charge is 2.35. The average molecular weight is 323 g/mol. The predicted molar refractivity (Wildman–Crippen MR) is 84.2 cm³/mol. The van der Waals surface area contributed by atoms with Crippen LogP contribution in [0.2, 0.25) is 0 Å². The van der Waals surface area contributed by atoms with Gasteiger partial charge in [-0.3, -0.25) is 9.69 Å². The molecule has 0 bridgehead atoms. The van der Waals surface area contributed by atoms with Crippen LogP contribution >= 0.6 is 0 Å². The van der Waals surface area contributed by atoms with E-state index in [9.17, 15) is 9.59 Å². The van der Waals surface area contributed by atoms with Crippen LogP contribution in [0.25, 0.3) is 0 Å². The Kier molecular flexibility index (Phi) is 5.41. The van der Waals surface area contributed by atoms with Crippen molar-refractivity contribution in [3.8, 4) is 0 Å². The van der Waals surface area contributed by atoms with E-state index in [0.29, 0.717) is 19.0 Å². The largest absolute Gasteiger partial charge is 0.444 e. The van der Waals surface area contributed by atoms with Gasteiger partial charge >= 0.3 is 6.09 Å². The first-order chi connectivity index (χ1) is 10.8. The number of ether oxygens (including phenoxy) is 2. The second-order valence-electron chi connectivity index (χ2n) is 6.54. The number of morpholine rings is 1. The Balaban J connectivity index is 2.08. The lowest BCUT2D eigenvalue weighted by atomic mass is 10.1. The maximum absolute atomic E-state index is 12.6. The quantitative estimate of drug-likeness (QED) is 0.842. The molecule has 0 N–H and O–H groups in total. The summed E-state index contributed by atoms with van der Waals surface area (Å²) >= 11 is 0. The zero-order valence-corrected chi connectivity index (χ0v) is 14.2. The smallest absolute Gasteiger partial charge is 0.411 e. The number of aryl methyl sites for hydroxylation is 1. The summed E-state index contributed by atoms with van der Waals surface area (Å²) < 4.78 is 12.7. The minimum absolute atomic E-state index is 0.0866. The third-order valence-electron chi connectivity index (χ3n) is 3.60. The molecule has 1 saturated heterocycles. The van der Waals surface area contributed by atoms with Crippen LogP contribution in [0.1, 0.15) is 33.5 Å². The molecule has 1 atom stereocenters. The Bertz CT molecular complexity index is 562. The monoisotopic (exact) mass is 323 g/mol. The minimum Gasteiger partial charge on any atom is -0.444 e. The van der Waals surface area contributed by atoms with Crippen LogP contribution in [-0.4, -0.2) is 57.7 Å². The van der Waals surface area contributed by atoms with E-state index in [1.54, 1.807) is 27.0 Å². The van der Waals surface area contributed by atoms with E-state index in [2.05, 4.69) is 4.98 Å². The van der Waals surface area contributed by atoms with Crippen LogP contribution in [-0.2, 0) is 27.2 Å². The number of carbonyl (C=O) groups is 2. The van der Waals surface area contributed by atoms with Crippen LogP contribution in [0.4, 0.5) is 4.79 Å². The van der Waals surface area contributed by atoms with Crippen molar-refractivity contribution in [2.24, 2.45) is 0 Å². The number of amides is 1. The molecule has 1 aliphatic heterocycles. The van der Waals surface area contributed by atoms with Crippen molar-refractivity contribution in [2.75, 3.05) is 19.8 Å². The van der Waals surface area contributed by atoms with Crippen molar-refractivity contribution in [2.45, 2.75) is 52.3 Å². The molecule has 1 aromatic heterocycles. The second-order valence-corrected chi connectivity index (χ2v) is 6.54. The molecule has 23 heavy (non-hydrogen) atoms. The molecule has 1 amide bonds. The van der Waals surface area contributed by atoms with Gasteiger partial charge in [-0.25, -0.2) is 9.78 Å². The van der Waals surface area contributed by atoms with E-state index in [1.807, 2.05) is 17.7 Å². The number of hydrogen-bond acceptors (Lipinski definition) is 5. The number of rotatable bonds is 4. The van der Waals surface area contributed by atoms with Gasteiger partial charge in [-0.2, -0.15) is 0 Å². The van der Waals surface area contributed by atoms with Crippen LogP contribution in [0, 0.1) is 0 Å². The zero-order valence-electron chi connectivity index (χ0n) is 14.2. The van der Waals surface area contributed by atoms with E-state index in [4.69, 9.17) is 9.47 Å². The summed E-state index contributed by atoms with van der Waals surface area (Å²) in [5, 5.41) is 0.